The van der Waals surface area contributed by atoms with Crippen molar-refractivity contribution in [2.75, 3.05) is 14.1 Å². The van der Waals surface area contributed by atoms with Crippen LogP contribution in [0.2, 0.25) is 0 Å². The molecule has 5 heteroatoms. The molecule has 1 N–H and O–H groups in total. The number of rotatable bonds is 1. The molecule has 0 aliphatic rings. The molecule has 0 heterocycles. The zero-order valence-corrected chi connectivity index (χ0v) is 4.21. The maximum atomic E-state index is 9.55. The van der Waals surface area contributed by atoms with E-state index < -0.39 is 6.16 Å². The Bertz CT molecular complexity index is 74.9. The first-order valence-electron chi connectivity index (χ1n) is 1.71. The van der Waals surface area contributed by atoms with Gasteiger partial charge < -0.3 is 9.94 Å². The Kier molecular flexibility index (Phi) is 7.95. The fraction of sp³-hybridized carbons (Fsp3) is 0.667. The van der Waals surface area contributed by atoms with Crippen LogP contribution in [0.25, 0.3) is 0 Å². The third kappa shape index (κ3) is 9.70. The predicted octanol–water partition coefficient (Wildman–Crippen LogP) is -0.759. The molecule has 0 spiro atoms. The molecule has 0 fully saturated rings. The topological polar surface area (TPSA) is 49.8 Å². The molecule has 0 saturated carbocycles. The summed E-state index contributed by atoms with van der Waals surface area (Å²) in [6, 6.07) is 0. The zero-order chi connectivity index (χ0) is 5.86. The Balaban J connectivity index is 0. The molecule has 0 amide bonds. The summed E-state index contributed by atoms with van der Waals surface area (Å²) in [6.07, 6.45) is -1.29. The SMILES string of the molecule is CN(C)OC(=O)O.[CaH2]. The van der Waals surface area contributed by atoms with Gasteiger partial charge in [0.15, 0.2) is 0 Å². The fourth-order valence-corrected chi connectivity index (χ4v) is 0.156. The van der Waals surface area contributed by atoms with Crippen molar-refractivity contribution in [1.82, 2.24) is 5.06 Å². The van der Waals surface area contributed by atoms with Gasteiger partial charge in [-0.25, -0.2) is 4.79 Å². The molecule has 0 aliphatic carbocycles. The van der Waals surface area contributed by atoms with E-state index in [1.807, 2.05) is 0 Å². The Morgan fingerprint density at radius 2 is 2.00 bits per heavy atom. The van der Waals surface area contributed by atoms with Crippen LogP contribution in [0, 0.1) is 0 Å². The minimum absolute atomic E-state index is 0. The molecule has 0 rings (SSSR count). The van der Waals surface area contributed by atoms with E-state index in [9.17, 15) is 4.79 Å². The summed E-state index contributed by atoms with van der Waals surface area (Å²) in [7, 11) is 2.99. The van der Waals surface area contributed by atoms with Crippen LogP contribution < -0.4 is 0 Å². The molecule has 8 heavy (non-hydrogen) atoms. The van der Waals surface area contributed by atoms with Crippen molar-refractivity contribution in [1.29, 1.82) is 0 Å². The van der Waals surface area contributed by atoms with Crippen LogP contribution in [-0.4, -0.2) is 68.2 Å². The first kappa shape index (κ1) is 11.3. The monoisotopic (exact) mass is 147 g/mol. The van der Waals surface area contributed by atoms with Gasteiger partial charge in [-0.2, -0.15) is 0 Å². The number of hydrogen-bond donors (Lipinski definition) is 1. The molecule has 0 atom stereocenters. The van der Waals surface area contributed by atoms with Crippen molar-refractivity contribution >= 4 is 43.9 Å². The van der Waals surface area contributed by atoms with Crippen LogP contribution in [0.3, 0.4) is 0 Å². The molecular formula is C3H9CaNO3. The van der Waals surface area contributed by atoms with Crippen molar-refractivity contribution in [3.8, 4) is 0 Å². The zero-order valence-electron chi connectivity index (χ0n) is 4.21. The van der Waals surface area contributed by atoms with Crippen molar-refractivity contribution in [2.24, 2.45) is 0 Å². The van der Waals surface area contributed by atoms with Crippen molar-refractivity contribution in [3.05, 3.63) is 0 Å². The minimum atomic E-state index is -1.29. The number of carboxylic acid groups (broad SMARTS) is 1. The molecule has 0 saturated heterocycles. The molecular weight excluding hydrogens is 138 g/mol. The van der Waals surface area contributed by atoms with E-state index in [1.54, 1.807) is 0 Å². The second kappa shape index (κ2) is 5.62. The first-order chi connectivity index (χ1) is 3.13. The second-order valence-corrected chi connectivity index (χ2v) is 1.17. The van der Waals surface area contributed by atoms with Crippen molar-refractivity contribution < 1.29 is 14.7 Å². The molecule has 46 valence electrons. The fourth-order valence-electron chi connectivity index (χ4n) is 0.156. The van der Waals surface area contributed by atoms with Gasteiger partial charge in [-0.15, -0.1) is 5.06 Å². The first-order valence-corrected chi connectivity index (χ1v) is 1.71. The maximum absolute atomic E-state index is 9.55. The molecule has 0 bridgehead atoms. The van der Waals surface area contributed by atoms with E-state index in [2.05, 4.69) is 4.84 Å². The molecule has 0 aliphatic heterocycles. The van der Waals surface area contributed by atoms with Gasteiger partial charge in [-0.05, 0) is 0 Å². The molecule has 0 unspecified atom stereocenters. The van der Waals surface area contributed by atoms with Crippen molar-refractivity contribution in [3.63, 3.8) is 0 Å². The van der Waals surface area contributed by atoms with Gasteiger partial charge in [-0.1, -0.05) is 0 Å². The number of hydroxylamine groups is 2. The predicted molar refractivity (Wildman–Crippen MR) is 31.3 cm³/mol. The van der Waals surface area contributed by atoms with Crippen LogP contribution in [0.1, 0.15) is 0 Å². The van der Waals surface area contributed by atoms with Gasteiger partial charge >= 0.3 is 43.9 Å². The third-order valence-corrected chi connectivity index (χ3v) is 0.261. The second-order valence-electron chi connectivity index (χ2n) is 1.17. The normalized spacial score (nSPS) is 7.88. The summed E-state index contributed by atoms with van der Waals surface area (Å²) in [5.41, 5.74) is 0. The molecule has 0 radical (unpaired) electrons. The van der Waals surface area contributed by atoms with Gasteiger partial charge in [0.05, 0.1) is 0 Å². The Morgan fingerprint density at radius 3 is 2.00 bits per heavy atom. The third-order valence-electron chi connectivity index (χ3n) is 0.261. The van der Waals surface area contributed by atoms with Crippen LogP contribution in [-0.2, 0) is 4.84 Å². The van der Waals surface area contributed by atoms with Crippen LogP contribution in [0.15, 0.2) is 0 Å². The van der Waals surface area contributed by atoms with Gasteiger partial charge in [0.1, 0.15) is 0 Å². The van der Waals surface area contributed by atoms with Gasteiger partial charge in [0.25, 0.3) is 0 Å². The molecule has 0 aromatic carbocycles. The standard InChI is InChI=1S/C3H7NO3.Ca.2H/c1-4(2)7-3(5)6;;;/h1-2H3,(H,5,6);;;. The Morgan fingerprint density at radius 1 is 1.62 bits per heavy atom. The van der Waals surface area contributed by atoms with Crippen LogP contribution in [0.5, 0.6) is 0 Å². The van der Waals surface area contributed by atoms with Crippen LogP contribution >= 0.6 is 0 Å². The van der Waals surface area contributed by atoms with E-state index in [0.717, 1.165) is 5.06 Å². The van der Waals surface area contributed by atoms with E-state index in [-0.39, 0.29) is 37.7 Å². The molecule has 0 aromatic heterocycles. The summed E-state index contributed by atoms with van der Waals surface area (Å²) in [5, 5.41) is 8.92. The van der Waals surface area contributed by atoms with Gasteiger partial charge in [-0.3, -0.25) is 0 Å². The Labute approximate surface area is 77.4 Å². The number of nitrogens with zero attached hydrogens (tertiary/aromatic N) is 1. The van der Waals surface area contributed by atoms with Crippen molar-refractivity contribution in [2.45, 2.75) is 0 Å². The number of hydrogen-bond acceptors (Lipinski definition) is 3. The summed E-state index contributed by atoms with van der Waals surface area (Å²) >= 11 is 0. The summed E-state index contributed by atoms with van der Waals surface area (Å²) in [4.78, 5) is 13.5. The van der Waals surface area contributed by atoms with Crippen LogP contribution in [0.4, 0.5) is 4.79 Å². The molecule has 4 nitrogen and oxygen atoms in total. The Hall–Kier alpha value is 0.490. The number of carbonyl (C=O) groups is 1. The van der Waals surface area contributed by atoms with E-state index in [1.165, 1.54) is 14.1 Å². The quantitative estimate of drug-likeness (QED) is 0.391. The van der Waals surface area contributed by atoms with E-state index >= 15 is 0 Å². The molecule has 0 aromatic rings. The average Bonchev–Trinajstić information content (AvgIpc) is 1.27. The van der Waals surface area contributed by atoms with Gasteiger partial charge in [0.2, 0.25) is 0 Å². The average molecular weight is 147 g/mol. The van der Waals surface area contributed by atoms with E-state index in [4.69, 9.17) is 5.11 Å². The summed E-state index contributed by atoms with van der Waals surface area (Å²) in [6.45, 7) is 0. The van der Waals surface area contributed by atoms with E-state index in [0.29, 0.717) is 0 Å². The summed E-state index contributed by atoms with van der Waals surface area (Å²) in [5.74, 6) is 0. The van der Waals surface area contributed by atoms with Gasteiger partial charge in [0, 0.05) is 14.1 Å². The summed E-state index contributed by atoms with van der Waals surface area (Å²) < 4.78 is 0.